The Morgan fingerprint density at radius 3 is 2.61 bits per heavy atom. The van der Waals surface area contributed by atoms with Crippen LogP contribution in [0.3, 0.4) is 0 Å². The largest absolute Gasteiger partial charge is 0.480 e. The van der Waals surface area contributed by atoms with Crippen molar-refractivity contribution < 1.29 is 9.90 Å². The molecule has 0 spiro atoms. The first kappa shape index (κ1) is 16.0. The fraction of sp³-hybridized carbons (Fsp3) is 0.118. The summed E-state index contributed by atoms with van der Waals surface area (Å²) in [5.74, 6) is -0.661. The van der Waals surface area contributed by atoms with E-state index in [1.165, 1.54) is 0 Å². The number of aryl methyl sites for hydroxylation is 1. The Hall–Kier alpha value is -3.33. The van der Waals surface area contributed by atoms with E-state index in [4.69, 9.17) is 10.4 Å². The molecule has 0 fully saturated rings. The van der Waals surface area contributed by atoms with Gasteiger partial charge in [0.25, 0.3) is 0 Å². The van der Waals surface area contributed by atoms with Gasteiger partial charge >= 0.3 is 5.97 Å². The smallest absolute Gasteiger partial charge is 0.322 e. The fourth-order valence-electron chi connectivity index (χ4n) is 1.87. The molecule has 3 N–H and O–H groups in total. The zero-order valence-electron chi connectivity index (χ0n) is 12.6. The number of aliphatic carboxylic acids is 1. The van der Waals surface area contributed by atoms with Crippen molar-refractivity contribution >= 4 is 23.3 Å². The van der Waals surface area contributed by atoms with Crippen LogP contribution >= 0.6 is 0 Å². The number of nitrogens with one attached hydrogen (secondary N) is 2. The summed E-state index contributed by atoms with van der Waals surface area (Å²) in [7, 11) is 0. The molecule has 0 aliphatic rings. The average molecular weight is 308 g/mol. The molecular weight excluding hydrogens is 292 g/mol. The van der Waals surface area contributed by atoms with E-state index in [0.717, 1.165) is 11.3 Å². The van der Waals surface area contributed by atoms with Gasteiger partial charge in [0.1, 0.15) is 6.54 Å². The maximum atomic E-state index is 10.8. The highest BCUT2D eigenvalue weighted by molar-refractivity contribution is 5.96. The average Bonchev–Trinajstić information content (AvgIpc) is 2.53. The van der Waals surface area contributed by atoms with E-state index in [0.29, 0.717) is 17.2 Å². The summed E-state index contributed by atoms with van der Waals surface area (Å²) in [5, 5.41) is 23.4. The molecular formula is C17H16N4O2. The molecule has 0 aliphatic carbocycles. The van der Waals surface area contributed by atoms with Gasteiger partial charge in [-0.05, 0) is 48.9 Å². The summed E-state index contributed by atoms with van der Waals surface area (Å²) in [6, 6.07) is 16.4. The molecule has 0 radical (unpaired) electrons. The quantitative estimate of drug-likeness (QED) is 0.596. The second-order valence-corrected chi connectivity index (χ2v) is 4.86. The zero-order valence-corrected chi connectivity index (χ0v) is 12.6. The van der Waals surface area contributed by atoms with Crippen molar-refractivity contribution in [2.45, 2.75) is 6.92 Å². The summed E-state index contributed by atoms with van der Waals surface area (Å²) >= 11 is 0. The molecule has 0 atom stereocenters. The van der Waals surface area contributed by atoms with Crippen LogP contribution in [0.2, 0.25) is 0 Å². The molecule has 0 saturated heterocycles. The van der Waals surface area contributed by atoms with Crippen LogP contribution in [-0.2, 0) is 4.79 Å². The second kappa shape index (κ2) is 7.61. The Kier molecular flexibility index (Phi) is 5.31. The van der Waals surface area contributed by atoms with Crippen LogP contribution in [0.15, 0.2) is 53.5 Å². The van der Waals surface area contributed by atoms with E-state index in [9.17, 15) is 4.79 Å². The third-order valence-corrected chi connectivity index (χ3v) is 2.93. The van der Waals surface area contributed by atoms with Crippen molar-refractivity contribution in [1.82, 2.24) is 5.32 Å². The highest BCUT2D eigenvalue weighted by Gasteiger charge is 2.04. The molecule has 23 heavy (non-hydrogen) atoms. The number of rotatable bonds is 4. The molecule has 2 aromatic carbocycles. The molecule has 6 heteroatoms. The predicted octanol–water partition coefficient (Wildman–Crippen LogP) is 2.64. The lowest BCUT2D eigenvalue weighted by molar-refractivity contribution is -0.135. The minimum absolute atomic E-state index is 0.256. The van der Waals surface area contributed by atoms with Crippen LogP contribution in [0.5, 0.6) is 0 Å². The topological polar surface area (TPSA) is 97.5 Å². The van der Waals surface area contributed by atoms with Crippen LogP contribution in [0, 0.1) is 18.3 Å². The lowest BCUT2D eigenvalue weighted by Gasteiger charge is -2.11. The summed E-state index contributed by atoms with van der Waals surface area (Å²) in [6.07, 6.45) is 0. The van der Waals surface area contributed by atoms with Crippen LogP contribution in [-0.4, -0.2) is 23.6 Å². The van der Waals surface area contributed by atoms with Crippen molar-refractivity contribution in [3.05, 3.63) is 59.7 Å². The Labute approximate surface area is 134 Å². The number of carbonyl (C=O) groups is 1. The van der Waals surface area contributed by atoms with Gasteiger partial charge in [-0.15, -0.1) is 0 Å². The summed E-state index contributed by atoms with van der Waals surface area (Å²) in [6.45, 7) is 1.71. The molecule has 0 unspecified atom stereocenters. The number of hydrogen-bond acceptors (Lipinski definition) is 3. The van der Waals surface area contributed by atoms with Gasteiger partial charge in [0.05, 0.1) is 17.3 Å². The minimum Gasteiger partial charge on any atom is -0.480 e. The molecule has 0 bridgehead atoms. The Bertz CT molecular complexity index is 761. The highest BCUT2D eigenvalue weighted by Crippen LogP contribution is 2.14. The number of carboxylic acid groups (broad SMARTS) is 1. The normalized spacial score (nSPS) is 10.7. The highest BCUT2D eigenvalue weighted by atomic mass is 16.4. The van der Waals surface area contributed by atoms with Gasteiger partial charge in [-0.25, -0.2) is 4.99 Å². The standard InChI is InChI=1S/C17H16N4O2/c1-12-3-2-4-15(9-12)21-17(19-11-16(22)23)20-14-7-5-13(10-18)6-8-14/h2-9H,11H2,1H3,(H,22,23)(H2,19,20,21). The SMILES string of the molecule is Cc1cccc(NC(=Nc2ccc(C#N)cc2)NCC(=O)O)c1. The van der Waals surface area contributed by atoms with E-state index in [1.807, 2.05) is 37.3 Å². The molecule has 0 aliphatic heterocycles. The number of nitriles is 1. The second-order valence-electron chi connectivity index (χ2n) is 4.86. The van der Waals surface area contributed by atoms with E-state index in [1.54, 1.807) is 24.3 Å². The zero-order chi connectivity index (χ0) is 16.7. The number of nitrogens with zero attached hydrogens (tertiary/aromatic N) is 2. The first-order chi connectivity index (χ1) is 11.1. The van der Waals surface area contributed by atoms with E-state index >= 15 is 0 Å². The summed E-state index contributed by atoms with van der Waals surface area (Å²) in [4.78, 5) is 15.1. The number of aliphatic imine (C=N–C) groups is 1. The Balaban J connectivity index is 2.23. The van der Waals surface area contributed by atoms with Crippen molar-refractivity contribution in [2.75, 3.05) is 11.9 Å². The van der Waals surface area contributed by atoms with Gasteiger partial charge < -0.3 is 15.7 Å². The summed E-state index contributed by atoms with van der Waals surface area (Å²) < 4.78 is 0. The van der Waals surface area contributed by atoms with Gasteiger partial charge in [0, 0.05) is 5.69 Å². The van der Waals surface area contributed by atoms with E-state index < -0.39 is 5.97 Å². The third kappa shape index (κ3) is 5.17. The summed E-state index contributed by atoms with van der Waals surface area (Å²) in [5.41, 5.74) is 3.02. The predicted molar refractivity (Wildman–Crippen MR) is 88.7 cm³/mol. The minimum atomic E-state index is -0.983. The first-order valence-electron chi connectivity index (χ1n) is 6.95. The molecule has 116 valence electrons. The molecule has 0 heterocycles. The van der Waals surface area contributed by atoms with Crippen LogP contribution in [0.25, 0.3) is 0 Å². The van der Waals surface area contributed by atoms with Crippen molar-refractivity contribution in [3.8, 4) is 6.07 Å². The third-order valence-electron chi connectivity index (χ3n) is 2.93. The Morgan fingerprint density at radius 1 is 1.26 bits per heavy atom. The first-order valence-corrected chi connectivity index (χ1v) is 6.95. The van der Waals surface area contributed by atoms with Crippen molar-refractivity contribution in [2.24, 2.45) is 4.99 Å². The molecule has 2 rings (SSSR count). The molecule has 0 amide bonds. The van der Waals surface area contributed by atoms with Gasteiger partial charge in [-0.1, -0.05) is 12.1 Å². The number of carboxylic acids is 1. The number of guanidine groups is 1. The van der Waals surface area contributed by atoms with Crippen molar-refractivity contribution in [1.29, 1.82) is 5.26 Å². The lowest BCUT2D eigenvalue weighted by Crippen LogP contribution is -2.34. The van der Waals surface area contributed by atoms with Crippen LogP contribution in [0.4, 0.5) is 11.4 Å². The van der Waals surface area contributed by atoms with Gasteiger partial charge in [0.2, 0.25) is 5.96 Å². The van der Waals surface area contributed by atoms with E-state index in [2.05, 4.69) is 15.6 Å². The fourth-order valence-corrected chi connectivity index (χ4v) is 1.87. The molecule has 6 nitrogen and oxygen atoms in total. The number of benzene rings is 2. The van der Waals surface area contributed by atoms with Crippen LogP contribution in [0.1, 0.15) is 11.1 Å². The lowest BCUT2D eigenvalue weighted by atomic mass is 10.2. The maximum Gasteiger partial charge on any atom is 0.322 e. The number of anilines is 1. The van der Waals surface area contributed by atoms with Crippen LogP contribution < -0.4 is 10.6 Å². The van der Waals surface area contributed by atoms with Gasteiger partial charge in [-0.2, -0.15) is 5.26 Å². The monoisotopic (exact) mass is 308 g/mol. The molecule has 0 aromatic heterocycles. The number of hydrogen-bond donors (Lipinski definition) is 3. The Morgan fingerprint density at radius 2 is 2.00 bits per heavy atom. The van der Waals surface area contributed by atoms with Gasteiger partial charge in [0.15, 0.2) is 0 Å². The molecule has 2 aromatic rings. The van der Waals surface area contributed by atoms with E-state index in [-0.39, 0.29) is 6.54 Å². The molecule has 0 saturated carbocycles. The van der Waals surface area contributed by atoms with Crippen molar-refractivity contribution in [3.63, 3.8) is 0 Å². The maximum absolute atomic E-state index is 10.8. The van der Waals surface area contributed by atoms with Gasteiger partial charge in [-0.3, -0.25) is 4.79 Å².